The predicted molar refractivity (Wildman–Crippen MR) is 65.2 cm³/mol. The van der Waals surface area contributed by atoms with E-state index in [9.17, 15) is 8.78 Å². The molecule has 2 atom stereocenters. The molecule has 1 aromatic carbocycles. The fraction of sp³-hybridized carbons (Fsp3) is 0.538. The van der Waals surface area contributed by atoms with E-state index in [0.29, 0.717) is 11.5 Å². The van der Waals surface area contributed by atoms with Gasteiger partial charge < -0.3 is 0 Å². The highest BCUT2D eigenvalue weighted by atomic mass is 19.2. The molecular formula is C13H20F2N2. The average molecular weight is 242 g/mol. The van der Waals surface area contributed by atoms with Crippen molar-refractivity contribution in [2.45, 2.75) is 33.7 Å². The lowest BCUT2D eigenvalue weighted by atomic mass is 9.86. The summed E-state index contributed by atoms with van der Waals surface area (Å²) in [6.07, 6.45) is 0. The minimum atomic E-state index is -0.805. The maximum absolute atomic E-state index is 13.9. The van der Waals surface area contributed by atoms with Crippen LogP contribution in [0.3, 0.4) is 0 Å². The first kappa shape index (κ1) is 14.1. The van der Waals surface area contributed by atoms with Crippen molar-refractivity contribution in [3.63, 3.8) is 0 Å². The maximum Gasteiger partial charge on any atom is 0.163 e. The minimum Gasteiger partial charge on any atom is -0.271 e. The topological polar surface area (TPSA) is 38.0 Å². The summed E-state index contributed by atoms with van der Waals surface area (Å²) in [5, 5.41) is 0. The third kappa shape index (κ3) is 2.82. The van der Waals surface area contributed by atoms with E-state index in [-0.39, 0.29) is 17.5 Å². The molecule has 2 nitrogen and oxygen atoms in total. The van der Waals surface area contributed by atoms with Crippen molar-refractivity contribution < 1.29 is 8.78 Å². The number of hydrogen-bond donors (Lipinski definition) is 2. The van der Waals surface area contributed by atoms with Gasteiger partial charge in [0.2, 0.25) is 0 Å². The van der Waals surface area contributed by atoms with Gasteiger partial charge in [0.15, 0.2) is 11.6 Å². The molecule has 3 N–H and O–H groups in total. The van der Waals surface area contributed by atoms with Gasteiger partial charge >= 0.3 is 0 Å². The number of aryl methyl sites for hydroxylation is 1. The first-order chi connectivity index (χ1) is 7.90. The van der Waals surface area contributed by atoms with E-state index in [1.807, 2.05) is 20.8 Å². The Balaban J connectivity index is 3.17. The number of nitrogens with one attached hydrogen (secondary N) is 1. The van der Waals surface area contributed by atoms with Crippen LogP contribution in [0.25, 0.3) is 0 Å². The molecular weight excluding hydrogens is 222 g/mol. The van der Waals surface area contributed by atoms with Crippen LogP contribution in [0.2, 0.25) is 0 Å². The fourth-order valence-corrected chi connectivity index (χ4v) is 1.81. The zero-order valence-corrected chi connectivity index (χ0v) is 10.7. The predicted octanol–water partition coefficient (Wildman–Crippen LogP) is 3.07. The lowest BCUT2D eigenvalue weighted by Gasteiger charge is -2.27. The van der Waals surface area contributed by atoms with Crippen LogP contribution < -0.4 is 11.3 Å². The van der Waals surface area contributed by atoms with Gasteiger partial charge in [-0.25, -0.2) is 8.78 Å². The minimum absolute atomic E-state index is 0.108. The zero-order valence-electron chi connectivity index (χ0n) is 10.7. The largest absolute Gasteiger partial charge is 0.271 e. The van der Waals surface area contributed by atoms with Crippen LogP contribution in [0.15, 0.2) is 12.1 Å². The quantitative estimate of drug-likeness (QED) is 0.629. The molecule has 0 radical (unpaired) electrons. The van der Waals surface area contributed by atoms with Crippen molar-refractivity contribution in [3.8, 4) is 0 Å². The molecule has 0 aromatic heterocycles. The van der Waals surface area contributed by atoms with E-state index in [2.05, 4.69) is 5.43 Å². The first-order valence-corrected chi connectivity index (χ1v) is 5.80. The van der Waals surface area contributed by atoms with E-state index < -0.39 is 11.6 Å². The average Bonchev–Trinajstić information content (AvgIpc) is 2.29. The Hall–Kier alpha value is -1.00. The van der Waals surface area contributed by atoms with Gasteiger partial charge in [-0.2, -0.15) is 0 Å². The summed E-state index contributed by atoms with van der Waals surface area (Å²) >= 11 is 0. The molecule has 2 unspecified atom stereocenters. The van der Waals surface area contributed by atoms with Gasteiger partial charge in [-0.05, 0) is 24.3 Å². The second kappa shape index (κ2) is 5.56. The highest BCUT2D eigenvalue weighted by molar-refractivity contribution is 5.28. The van der Waals surface area contributed by atoms with Crippen LogP contribution in [0.4, 0.5) is 8.78 Å². The molecule has 0 bridgehead atoms. The van der Waals surface area contributed by atoms with E-state index in [0.717, 1.165) is 0 Å². The molecule has 17 heavy (non-hydrogen) atoms. The summed E-state index contributed by atoms with van der Waals surface area (Å²) in [5.74, 6) is 4.29. The molecule has 0 spiro atoms. The van der Waals surface area contributed by atoms with Crippen LogP contribution in [-0.4, -0.2) is 0 Å². The number of hydrogen-bond acceptors (Lipinski definition) is 2. The molecule has 1 rings (SSSR count). The van der Waals surface area contributed by atoms with Crippen LogP contribution in [0, 0.1) is 30.4 Å². The monoisotopic (exact) mass is 242 g/mol. The normalized spacial score (nSPS) is 15.1. The number of hydrazine groups is 1. The lowest BCUT2D eigenvalue weighted by molar-refractivity contribution is 0.297. The second-order valence-corrected chi connectivity index (χ2v) is 4.85. The summed E-state index contributed by atoms with van der Waals surface area (Å²) in [6.45, 7) is 7.56. The van der Waals surface area contributed by atoms with E-state index in [1.165, 1.54) is 0 Å². The Morgan fingerprint density at radius 2 is 1.71 bits per heavy atom. The molecule has 4 heteroatoms. The van der Waals surface area contributed by atoms with Gasteiger partial charge in [-0.15, -0.1) is 0 Å². The molecule has 0 aliphatic heterocycles. The highest BCUT2D eigenvalue weighted by Crippen LogP contribution is 2.30. The van der Waals surface area contributed by atoms with E-state index in [4.69, 9.17) is 5.84 Å². The Morgan fingerprint density at radius 3 is 2.18 bits per heavy atom. The smallest absolute Gasteiger partial charge is 0.163 e. The van der Waals surface area contributed by atoms with Crippen LogP contribution in [-0.2, 0) is 0 Å². The Bertz CT molecular complexity index is 391. The number of benzene rings is 1. The Morgan fingerprint density at radius 1 is 1.12 bits per heavy atom. The second-order valence-electron chi connectivity index (χ2n) is 4.85. The summed E-state index contributed by atoms with van der Waals surface area (Å²) in [6, 6.07) is 2.78. The van der Waals surface area contributed by atoms with Crippen LogP contribution in [0.5, 0.6) is 0 Å². The number of rotatable bonds is 4. The lowest BCUT2D eigenvalue weighted by Crippen LogP contribution is -2.35. The molecule has 0 fully saturated rings. The van der Waals surface area contributed by atoms with Crippen molar-refractivity contribution in [2.75, 3.05) is 0 Å². The van der Waals surface area contributed by atoms with Gasteiger partial charge in [-0.1, -0.05) is 32.9 Å². The van der Waals surface area contributed by atoms with Crippen molar-refractivity contribution >= 4 is 0 Å². The van der Waals surface area contributed by atoms with Gasteiger partial charge in [0, 0.05) is 5.56 Å². The van der Waals surface area contributed by atoms with Crippen LogP contribution in [0.1, 0.15) is 37.9 Å². The summed E-state index contributed by atoms with van der Waals surface area (Å²) < 4.78 is 27.4. The molecule has 0 aliphatic carbocycles. The standard InChI is InChI=1S/C13H20F2N2/c1-7(2)9(4)13(17-16)10-6-5-8(3)11(14)12(10)15/h5-7,9,13,17H,16H2,1-4H3. The SMILES string of the molecule is Cc1ccc(C(NN)C(C)C(C)C)c(F)c1F. The van der Waals surface area contributed by atoms with Crippen molar-refractivity contribution in [3.05, 3.63) is 34.9 Å². The van der Waals surface area contributed by atoms with E-state index >= 15 is 0 Å². The molecule has 0 saturated carbocycles. The molecule has 0 aliphatic rings. The van der Waals surface area contributed by atoms with Gasteiger partial charge in [0.05, 0.1) is 6.04 Å². The van der Waals surface area contributed by atoms with E-state index in [1.54, 1.807) is 19.1 Å². The fourth-order valence-electron chi connectivity index (χ4n) is 1.81. The number of nitrogens with two attached hydrogens (primary N) is 1. The molecule has 0 heterocycles. The van der Waals surface area contributed by atoms with Crippen molar-refractivity contribution in [1.29, 1.82) is 0 Å². The molecule has 1 aromatic rings. The van der Waals surface area contributed by atoms with Crippen LogP contribution >= 0.6 is 0 Å². The van der Waals surface area contributed by atoms with Gasteiger partial charge in [-0.3, -0.25) is 11.3 Å². The Kier molecular flexibility index (Phi) is 4.60. The number of halogens is 2. The summed E-state index contributed by atoms with van der Waals surface area (Å²) in [5.41, 5.74) is 3.17. The third-order valence-corrected chi connectivity index (χ3v) is 3.40. The summed E-state index contributed by atoms with van der Waals surface area (Å²) in [7, 11) is 0. The van der Waals surface area contributed by atoms with Gasteiger partial charge in [0.1, 0.15) is 0 Å². The van der Waals surface area contributed by atoms with Crippen molar-refractivity contribution in [1.82, 2.24) is 5.43 Å². The highest BCUT2D eigenvalue weighted by Gasteiger charge is 2.25. The molecule has 0 saturated heterocycles. The first-order valence-electron chi connectivity index (χ1n) is 5.80. The van der Waals surface area contributed by atoms with Gasteiger partial charge in [0.25, 0.3) is 0 Å². The molecule has 0 amide bonds. The van der Waals surface area contributed by atoms with Crippen molar-refractivity contribution in [2.24, 2.45) is 17.7 Å². The third-order valence-electron chi connectivity index (χ3n) is 3.40. The molecule has 96 valence electrons. The zero-order chi connectivity index (χ0) is 13.2. The summed E-state index contributed by atoms with van der Waals surface area (Å²) in [4.78, 5) is 0. The Labute approximate surface area is 101 Å². The maximum atomic E-state index is 13.9.